The Bertz CT molecular complexity index is 1200. The molecule has 3 amide bonds. The third-order valence-corrected chi connectivity index (χ3v) is 6.27. The molecule has 0 spiro atoms. The van der Waals surface area contributed by atoms with Crippen molar-refractivity contribution in [2.45, 2.75) is 12.1 Å². The second-order valence-corrected chi connectivity index (χ2v) is 9.23. The summed E-state index contributed by atoms with van der Waals surface area (Å²) in [5, 5.41) is 11.5. The van der Waals surface area contributed by atoms with Crippen molar-refractivity contribution >= 4 is 96.2 Å². The maximum absolute atomic E-state index is 12.8. The minimum absolute atomic E-state index is 0. The summed E-state index contributed by atoms with van der Waals surface area (Å²) in [6.45, 7) is -0.474. The van der Waals surface area contributed by atoms with Crippen LogP contribution in [0.15, 0.2) is 15.9 Å². The molecule has 7 N–H and O–H groups in total. The van der Waals surface area contributed by atoms with Gasteiger partial charge in [0.25, 0.3) is 11.8 Å². The molecule has 0 saturated carbocycles. The van der Waals surface area contributed by atoms with Gasteiger partial charge >= 0.3 is 39.9 Å². The van der Waals surface area contributed by atoms with Crippen LogP contribution in [-0.4, -0.2) is 99.9 Å². The quantitative estimate of drug-likeness (QED) is 0.0787. The van der Waals surface area contributed by atoms with E-state index in [2.05, 4.69) is 30.6 Å². The van der Waals surface area contributed by atoms with Crippen molar-refractivity contribution in [3.63, 3.8) is 0 Å². The van der Waals surface area contributed by atoms with Crippen LogP contribution in [-0.2, 0) is 29.5 Å². The fourth-order valence-corrected chi connectivity index (χ4v) is 4.39. The molecule has 33 heavy (non-hydrogen) atoms. The molecule has 0 aromatic carbocycles. The molecule has 19 heteroatoms. The Morgan fingerprint density at radius 3 is 2.42 bits per heavy atom. The van der Waals surface area contributed by atoms with Crippen LogP contribution in [0.5, 0.6) is 0 Å². The fourth-order valence-electron chi connectivity index (χ4n) is 2.56. The SMILES string of the molecule is CON=C(C(=O)NC(C(=O)NC1CN(S(=O)(=O)O)C1=O)c1csc(N)n1)c1csc(N)n1.[NaH]. The molecular formula is C14H17N8NaO7S3. The predicted molar refractivity (Wildman–Crippen MR) is 120 cm³/mol. The van der Waals surface area contributed by atoms with Crippen molar-refractivity contribution in [3.8, 4) is 0 Å². The van der Waals surface area contributed by atoms with Gasteiger partial charge in [-0.05, 0) is 0 Å². The van der Waals surface area contributed by atoms with Crippen molar-refractivity contribution in [2.75, 3.05) is 25.1 Å². The average Bonchev–Trinajstić information content (AvgIpc) is 3.33. The Balaban J connectivity index is 0.00000385. The molecule has 0 bridgehead atoms. The van der Waals surface area contributed by atoms with Crippen LogP contribution < -0.4 is 22.1 Å². The normalized spacial score (nSPS) is 16.9. The minimum atomic E-state index is -4.73. The molecule has 15 nitrogen and oxygen atoms in total. The zero-order valence-corrected chi connectivity index (χ0v) is 18.5. The van der Waals surface area contributed by atoms with Gasteiger partial charge < -0.3 is 26.9 Å². The number of carbonyl (C=O) groups excluding carboxylic acids is 3. The second kappa shape index (κ2) is 10.7. The van der Waals surface area contributed by atoms with Gasteiger partial charge in [-0.3, -0.25) is 18.9 Å². The van der Waals surface area contributed by atoms with Gasteiger partial charge in [-0.25, -0.2) is 14.3 Å². The summed E-state index contributed by atoms with van der Waals surface area (Å²) in [4.78, 5) is 50.2. The first-order valence-electron chi connectivity index (χ1n) is 8.45. The van der Waals surface area contributed by atoms with Crippen molar-refractivity contribution in [3.05, 3.63) is 22.1 Å². The first-order valence-corrected chi connectivity index (χ1v) is 11.6. The van der Waals surface area contributed by atoms with Gasteiger partial charge in [-0.2, -0.15) is 8.42 Å². The molecule has 0 aliphatic carbocycles. The van der Waals surface area contributed by atoms with E-state index < -0.39 is 46.7 Å². The Kier molecular flexibility index (Phi) is 8.74. The van der Waals surface area contributed by atoms with E-state index in [1.54, 1.807) is 0 Å². The summed E-state index contributed by atoms with van der Waals surface area (Å²) < 4.78 is 31.2. The van der Waals surface area contributed by atoms with E-state index in [9.17, 15) is 22.8 Å². The summed E-state index contributed by atoms with van der Waals surface area (Å²) >= 11 is 2.06. The molecule has 0 radical (unpaired) electrons. The molecule has 2 unspecified atom stereocenters. The number of anilines is 2. The molecule has 1 saturated heterocycles. The molecular weight excluding hydrogens is 511 g/mol. The third kappa shape index (κ3) is 6.16. The number of nitrogens with zero attached hydrogens (tertiary/aromatic N) is 4. The number of β-lactam (4-membered cyclic amide) rings is 1. The van der Waals surface area contributed by atoms with Crippen molar-refractivity contribution in [1.82, 2.24) is 24.9 Å². The van der Waals surface area contributed by atoms with Gasteiger partial charge in [0.15, 0.2) is 22.0 Å². The zero-order chi connectivity index (χ0) is 23.6. The second-order valence-electron chi connectivity index (χ2n) is 6.12. The van der Waals surface area contributed by atoms with E-state index in [0.29, 0.717) is 0 Å². The number of aromatic nitrogens is 2. The van der Waals surface area contributed by atoms with Gasteiger partial charge in [0, 0.05) is 10.8 Å². The van der Waals surface area contributed by atoms with E-state index in [4.69, 9.17) is 16.0 Å². The zero-order valence-electron chi connectivity index (χ0n) is 16.1. The van der Waals surface area contributed by atoms with E-state index in [0.717, 1.165) is 22.7 Å². The summed E-state index contributed by atoms with van der Waals surface area (Å²) in [5.74, 6) is -2.79. The monoisotopic (exact) mass is 528 g/mol. The summed E-state index contributed by atoms with van der Waals surface area (Å²) in [6, 6.07) is -2.66. The van der Waals surface area contributed by atoms with Crippen molar-refractivity contribution in [2.24, 2.45) is 5.16 Å². The molecule has 3 rings (SSSR count). The molecule has 1 aliphatic heterocycles. The van der Waals surface area contributed by atoms with Crippen LogP contribution in [0.2, 0.25) is 0 Å². The first kappa shape index (κ1) is 26.9. The molecule has 1 fully saturated rings. The van der Waals surface area contributed by atoms with Crippen molar-refractivity contribution < 1.29 is 32.2 Å². The fraction of sp³-hybridized carbons (Fsp3) is 0.286. The molecule has 2 aromatic rings. The van der Waals surface area contributed by atoms with Crippen LogP contribution in [0.3, 0.4) is 0 Å². The van der Waals surface area contributed by atoms with E-state index in [-0.39, 0.29) is 61.2 Å². The van der Waals surface area contributed by atoms with Crippen molar-refractivity contribution in [1.29, 1.82) is 0 Å². The van der Waals surface area contributed by atoms with Crippen LogP contribution in [0.4, 0.5) is 10.3 Å². The first-order chi connectivity index (χ1) is 15.0. The maximum atomic E-state index is 12.8. The Hall–Kier alpha value is -2.35. The number of thiazole rings is 2. The number of rotatable bonds is 8. The van der Waals surface area contributed by atoms with Gasteiger partial charge in [0.1, 0.15) is 18.8 Å². The number of hydrogen-bond acceptors (Lipinski definition) is 13. The van der Waals surface area contributed by atoms with Gasteiger partial charge in [-0.15, -0.1) is 22.7 Å². The standard InChI is InChI=1S/C14H16N8O7S3.Na.H/c1-29-21-9(7-4-31-14(16)19-7)11(24)20-8(6-3-30-13(15)18-6)10(23)17-5-2-22(12(5)25)32(26,27)28;;/h3-5,8H,2H2,1H3,(H2,15,18)(H2,16,19)(H,17,23)(H,20,24)(H,26,27,28);;. The number of oxime groups is 1. The number of carbonyl (C=O) groups is 3. The number of hydrogen-bond donors (Lipinski definition) is 5. The van der Waals surface area contributed by atoms with E-state index in [1.165, 1.54) is 17.9 Å². The van der Waals surface area contributed by atoms with Gasteiger partial charge in [0.05, 0.1) is 12.2 Å². The van der Waals surface area contributed by atoms with Crippen LogP contribution in [0.25, 0.3) is 0 Å². The average molecular weight is 529 g/mol. The predicted octanol–water partition coefficient (Wildman–Crippen LogP) is -2.55. The summed E-state index contributed by atoms with van der Waals surface area (Å²) in [5.41, 5.74) is 11.1. The van der Waals surface area contributed by atoms with Gasteiger partial charge in [0.2, 0.25) is 5.91 Å². The Labute approximate surface area is 216 Å². The van der Waals surface area contributed by atoms with Crippen LogP contribution in [0.1, 0.15) is 17.4 Å². The van der Waals surface area contributed by atoms with Crippen LogP contribution >= 0.6 is 22.7 Å². The Morgan fingerprint density at radius 1 is 1.30 bits per heavy atom. The van der Waals surface area contributed by atoms with E-state index in [1.807, 2.05) is 0 Å². The number of nitrogens with two attached hydrogens (primary N) is 2. The summed E-state index contributed by atoms with van der Waals surface area (Å²) in [7, 11) is -3.52. The number of amides is 3. The summed E-state index contributed by atoms with van der Waals surface area (Å²) in [6.07, 6.45) is 0. The topological polar surface area (TPSA) is 232 Å². The Morgan fingerprint density at radius 2 is 1.94 bits per heavy atom. The third-order valence-electron chi connectivity index (χ3n) is 4.02. The molecule has 1 aliphatic rings. The number of nitrogen functional groups attached to an aromatic ring is 2. The molecule has 2 atom stereocenters. The van der Waals surface area contributed by atoms with E-state index >= 15 is 0 Å². The molecule has 174 valence electrons. The molecule has 2 aromatic heterocycles. The van der Waals surface area contributed by atoms with Crippen LogP contribution in [0, 0.1) is 0 Å². The molecule has 3 heterocycles. The van der Waals surface area contributed by atoms with Gasteiger partial charge in [-0.1, -0.05) is 5.16 Å². The number of nitrogens with one attached hydrogen (secondary N) is 2.